The topological polar surface area (TPSA) is 100 Å². The number of nitro benzene ring substituents is 1. The highest BCUT2D eigenvalue weighted by atomic mass is 16.6. The van der Waals surface area contributed by atoms with E-state index in [0.29, 0.717) is 5.82 Å². The first kappa shape index (κ1) is 15.9. The minimum atomic E-state index is -0.574. The van der Waals surface area contributed by atoms with E-state index in [2.05, 4.69) is 20.5 Å². The highest BCUT2D eigenvalue weighted by Gasteiger charge is 2.19. The van der Waals surface area contributed by atoms with Crippen LogP contribution in [0.25, 0.3) is 0 Å². The third-order valence-corrected chi connectivity index (χ3v) is 3.82. The van der Waals surface area contributed by atoms with Crippen molar-refractivity contribution in [1.82, 2.24) is 10.3 Å². The first-order chi connectivity index (χ1) is 11.6. The van der Waals surface area contributed by atoms with E-state index in [-0.39, 0.29) is 11.3 Å². The summed E-state index contributed by atoms with van der Waals surface area (Å²) in [5.74, 6) is -0.193. The van der Waals surface area contributed by atoms with Gasteiger partial charge in [0.1, 0.15) is 11.4 Å². The van der Waals surface area contributed by atoms with Gasteiger partial charge in [0.25, 0.3) is 11.6 Å². The van der Waals surface area contributed by atoms with Gasteiger partial charge in [0.2, 0.25) is 0 Å². The number of anilines is 2. The third-order valence-electron chi connectivity index (χ3n) is 3.82. The number of nitro groups is 1. The van der Waals surface area contributed by atoms with E-state index in [1.807, 2.05) is 6.07 Å². The summed E-state index contributed by atoms with van der Waals surface area (Å²) in [6, 6.07) is 9.41. The van der Waals surface area contributed by atoms with Crippen LogP contribution in [0.3, 0.4) is 0 Å². The van der Waals surface area contributed by atoms with Gasteiger partial charge in [-0.25, -0.2) is 4.98 Å². The fraction of sp³-hybridized carbons (Fsp3) is 0.250. The largest absolute Gasteiger partial charge is 0.368 e. The molecule has 0 radical (unpaired) electrons. The van der Waals surface area contributed by atoms with Crippen LogP contribution in [0.1, 0.15) is 10.4 Å². The summed E-state index contributed by atoms with van der Waals surface area (Å²) in [4.78, 5) is 29.1. The number of rotatable bonds is 4. The molecule has 1 amide bonds. The van der Waals surface area contributed by atoms with E-state index >= 15 is 0 Å². The van der Waals surface area contributed by atoms with Crippen LogP contribution in [0, 0.1) is 10.1 Å². The normalized spacial score (nSPS) is 14.2. The minimum Gasteiger partial charge on any atom is -0.368 e. The van der Waals surface area contributed by atoms with Gasteiger partial charge in [-0.05, 0) is 18.2 Å². The van der Waals surface area contributed by atoms with Gasteiger partial charge in [0, 0.05) is 32.2 Å². The molecule has 1 aromatic heterocycles. The molecule has 2 heterocycles. The van der Waals surface area contributed by atoms with Crippen molar-refractivity contribution in [2.45, 2.75) is 0 Å². The molecule has 2 aromatic rings. The van der Waals surface area contributed by atoms with Crippen LogP contribution in [-0.2, 0) is 0 Å². The van der Waals surface area contributed by atoms with Crippen molar-refractivity contribution in [2.75, 3.05) is 36.4 Å². The fourth-order valence-electron chi connectivity index (χ4n) is 2.58. The average molecular weight is 327 g/mol. The molecule has 2 N–H and O–H groups in total. The number of aromatic nitrogens is 1. The molecular weight excluding hydrogens is 310 g/mol. The van der Waals surface area contributed by atoms with E-state index in [1.54, 1.807) is 18.3 Å². The molecule has 124 valence electrons. The molecule has 0 spiro atoms. The van der Waals surface area contributed by atoms with Crippen LogP contribution < -0.4 is 15.5 Å². The Labute approximate surface area is 138 Å². The van der Waals surface area contributed by atoms with Gasteiger partial charge >= 0.3 is 0 Å². The molecule has 1 aliphatic rings. The lowest BCUT2D eigenvalue weighted by Crippen LogP contribution is -2.43. The fourth-order valence-corrected chi connectivity index (χ4v) is 2.58. The molecule has 1 saturated heterocycles. The smallest absolute Gasteiger partial charge is 0.282 e. The van der Waals surface area contributed by atoms with Gasteiger partial charge in [0.15, 0.2) is 0 Å². The Bertz CT molecular complexity index is 742. The second-order valence-electron chi connectivity index (χ2n) is 5.37. The van der Waals surface area contributed by atoms with Crippen molar-refractivity contribution in [3.05, 3.63) is 58.3 Å². The average Bonchev–Trinajstić information content (AvgIpc) is 2.63. The highest BCUT2D eigenvalue weighted by molar-refractivity contribution is 6.06. The standard InChI is InChI=1S/C16H17N5O3/c22-16(13-3-1-2-4-14(13)21(23)24)19-15-6-5-12(11-18-15)20-9-7-17-8-10-20/h1-6,11,17H,7-10H2,(H,18,19,22). The van der Waals surface area contributed by atoms with Gasteiger partial charge in [-0.2, -0.15) is 0 Å². The Balaban J connectivity index is 1.72. The number of piperazine rings is 1. The number of hydrogen-bond acceptors (Lipinski definition) is 6. The molecule has 0 unspecified atom stereocenters. The van der Waals surface area contributed by atoms with Crippen molar-refractivity contribution in [1.29, 1.82) is 0 Å². The molecule has 0 atom stereocenters. The summed E-state index contributed by atoms with van der Waals surface area (Å²) >= 11 is 0. The highest BCUT2D eigenvalue weighted by Crippen LogP contribution is 2.20. The predicted octanol–water partition coefficient (Wildman–Crippen LogP) is 1.65. The van der Waals surface area contributed by atoms with Gasteiger partial charge in [-0.15, -0.1) is 0 Å². The number of hydrogen-bond donors (Lipinski definition) is 2. The molecular formula is C16H17N5O3. The number of pyridine rings is 1. The van der Waals surface area contributed by atoms with Gasteiger partial charge in [-0.3, -0.25) is 14.9 Å². The molecule has 1 fully saturated rings. The van der Waals surface area contributed by atoms with Crippen LogP contribution >= 0.6 is 0 Å². The number of nitrogens with one attached hydrogen (secondary N) is 2. The maximum Gasteiger partial charge on any atom is 0.282 e. The lowest BCUT2D eigenvalue weighted by molar-refractivity contribution is -0.385. The number of para-hydroxylation sites is 1. The summed E-state index contributed by atoms with van der Waals surface area (Å²) in [6.07, 6.45) is 1.69. The van der Waals surface area contributed by atoms with E-state index in [9.17, 15) is 14.9 Å². The summed E-state index contributed by atoms with van der Waals surface area (Å²) in [6.45, 7) is 3.67. The Morgan fingerprint density at radius 2 is 1.96 bits per heavy atom. The Hall–Kier alpha value is -3.00. The van der Waals surface area contributed by atoms with Crippen LogP contribution in [-0.4, -0.2) is 42.0 Å². The van der Waals surface area contributed by atoms with Crippen molar-refractivity contribution in [3.63, 3.8) is 0 Å². The molecule has 8 nitrogen and oxygen atoms in total. The SMILES string of the molecule is O=C(Nc1ccc(N2CCNCC2)cn1)c1ccccc1[N+](=O)[O-]. The Kier molecular flexibility index (Phi) is 4.66. The Morgan fingerprint density at radius 1 is 1.21 bits per heavy atom. The zero-order chi connectivity index (χ0) is 16.9. The maximum atomic E-state index is 12.3. The summed E-state index contributed by atoms with van der Waals surface area (Å²) in [5.41, 5.74) is 0.767. The van der Waals surface area contributed by atoms with Crippen molar-refractivity contribution < 1.29 is 9.72 Å². The number of nitrogens with zero attached hydrogens (tertiary/aromatic N) is 3. The zero-order valence-corrected chi connectivity index (χ0v) is 12.9. The second-order valence-corrected chi connectivity index (χ2v) is 5.37. The molecule has 1 aromatic carbocycles. The van der Waals surface area contributed by atoms with E-state index in [4.69, 9.17) is 0 Å². The number of amides is 1. The molecule has 0 saturated carbocycles. The van der Waals surface area contributed by atoms with Crippen LogP contribution in [0.2, 0.25) is 0 Å². The van der Waals surface area contributed by atoms with E-state index < -0.39 is 10.8 Å². The zero-order valence-electron chi connectivity index (χ0n) is 12.9. The van der Waals surface area contributed by atoms with Gasteiger partial charge in [-0.1, -0.05) is 12.1 Å². The van der Waals surface area contributed by atoms with Crippen LogP contribution in [0.5, 0.6) is 0 Å². The molecule has 0 aliphatic carbocycles. The predicted molar refractivity (Wildman–Crippen MR) is 90.4 cm³/mol. The molecule has 1 aliphatic heterocycles. The van der Waals surface area contributed by atoms with E-state index in [1.165, 1.54) is 18.2 Å². The molecule has 8 heteroatoms. The lowest BCUT2D eigenvalue weighted by atomic mass is 10.1. The first-order valence-corrected chi connectivity index (χ1v) is 7.61. The van der Waals surface area contributed by atoms with Crippen LogP contribution in [0.4, 0.5) is 17.2 Å². The van der Waals surface area contributed by atoms with Crippen molar-refractivity contribution in [3.8, 4) is 0 Å². The summed E-state index contributed by atoms with van der Waals surface area (Å²) in [5, 5.41) is 16.9. The second kappa shape index (κ2) is 7.05. The maximum absolute atomic E-state index is 12.3. The quantitative estimate of drug-likeness (QED) is 0.654. The van der Waals surface area contributed by atoms with Crippen molar-refractivity contribution in [2.24, 2.45) is 0 Å². The monoisotopic (exact) mass is 327 g/mol. The van der Waals surface area contributed by atoms with Crippen molar-refractivity contribution >= 4 is 23.1 Å². The number of carbonyl (C=O) groups is 1. The summed E-state index contributed by atoms with van der Waals surface area (Å²) < 4.78 is 0. The molecule has 3 rings (SSSR count). The Morgan fingerprint density at radius 3 is 2.62 bits per heavy atom. The lowest BCUT2D eigenvalue weighted by Gasteiger charge is -2.29. The number of benzene rings is 1. The van der Waals surface area contributed by atoms with Crippen LogP contribution in [0.15, 0.2) is 42.6 Å². The molecule has 0 bridgehead atoms. The first-order valence-electron chi connectivity index (χ1n) is 7.61. The van der Waals surface area contributed by atoms with E-state index in [0.717, 1.165) is 31.9 Å². The number of carbonyl (C=O) groups excluding carboxylic acids is 1. The summed E-state index contributed by atoms with van der Waals surface area (Å²) in [7, 11) is 0. The van der Waals surface area contributed by atoms with Gasteiger partial charge in [0.05, 0.1) is 16.8 Å². The minimum absolute atomic E-state index is 0.00971. The third kappa shape index (κ3) is 3.49. The molecule has 24 heavy (non-hydrogen) atoms. The van der Waals surface area contributed by atoms with Gasteiger partial charge < -0.3 is 15.5 Å².